The lowest BCUT2D eigenvalue weighted by Crippen LogP contribution is -2.07. The molecule has 0 bridgehead atoms. The molecule has 0 N–H and O–H groups in total. The van der Waals surface area contributed by atoms with E-state index in [0.29, 0.717) is 5.39 Å². The summed E-state index contributed by atoms with van der Waals surface area (Å²) in [4.78, 5) is 15.6. The van der Waals surface area contributed by atoms with Crippen LogP contribution in [-0.4, -0.2) is 24.2 Å². The number of pyridine rings is 1. The van der Waals surface area contributed by atoms with Gasteiger partial charge in [0.05, 0.1) is 17.2 Å². The number of halogens is 3. The maximum absolute atomic E-state index is 12.3. The Hall–Kier alpha value is -1.95. The fourth-order valence-electron chi connectivity index (χ4n) is 1.71. The Morgan fingerprint density at radius 2 is 2.20 bits per heavy atom. The predicted octanol–water partition coefficient (Wildman–Crippen LogP) is 3.67. The largest absolute Gasteiger partial charge is 0.462 e. The first-order chi connectivity index (χ1) is 9.54. The zero-order valence-electron chi connectivity index (χ0n) is 10.4. The van der Waals surface area contributed by atoms with Gasteiger partial charge in [-0.3, -0.25) is 4.98 Å². The number of hydrogen-bond acceptors (Lipinski definition) is 4. The molecule has 0 aliphatic heterocycles. The van der Waals surface area contributed by atoms with Crippen LogP contribution in [0, 0.1) is 0 Å². The monoisotopic (exact) mass is 301 g/mol. The lowest BCUT2D eigenvalue weighted by molar-refractivity contribution is -0.0489. The van der Waals surface area contributed by atoms with Gasteiger partial charge in [-0.25, -0.2) is 4.79 Å². The first-order valence-electron chi connectivity index (χ1n) is 5.73. The number of para-hydroxylation sites is 1. The zero-order valence-corrected chi connectivity index (χ0v) is 11.2. The van der Waals surface area contributed by atoms with E-state index in [1.165, 1.54) is 18.3 Å². The third kappa shape index (κ3) is 2.80. The van der Waals surface area contributed by atoms with Crippen LogP contribution in [0.3, 0.4) is 0 Å². The normalized spacial score (nSPS) is 10.8. The lowest BCUT2D eigenvalue weighted by atomic mass is 10.1. The number of rotatable bonds is 4. The summed E-state index contributed by atoms with van der Waals surface area (Å²) in [6, 6.07) is 4.40. The van der Waals surface area contributed by atoms with E-state index < -0.39 is 12.6 Å². The second-order valence-electron chi connectivity index (χ2n) is 3.74. The van der Waals surface area contributed by atoms with Crippen molar-refractivity contribution < 1.29 is 23.0 Å². The molecule has 2 rings (SSSR count). The second kappa shape index (κ2) is 6.00. The number of fused-ring (bicyclic) bond motifs is 1. The molecule has 0 aliphatic rings. The van der Waals surface area contributed by atoms with Crippen LogP contribution in [-0.2, 0) is 4.74 Å². The van der Waals surface area contributed by atoms with Gasteiger partial charge in [0.2, 0.25) is 0 Å². The molecule has 0 saturated heterocycles. The Kier molecular flexibility index (Phi) is 4.34. The van der Waals surface area contributed by atoms with Crippen LogP contribution in [0.25, 0.3) is 10.9 Å². The summed E-state index contributed by atoms with van der Waals surface area (Å²) >= 11 is 6.10. The standard InChI is InChI=1S/C13H10ClF2NO3/c1-2-19-12(18)8-6-17-11-7(10(8)14)4-3-5-9(11)20-13(15)16/h3-6,13H,2H2,1H3. The quantitative estimate of drug-likeness (QED) is 0.809. The molecule has 1 heterocycles. The molecule has 1 aromatic carbocycles. The number of carbonyl (C=O) groups excluding carboxylic acids is 1. The number of esters is 1. The molecule has 0 unspecified atom stereocenters. The predicted molar refractivity (Wildman–Crippen MR) is 69.3 cm³/mol. The van der Waals surface area contributed by atoms with E-state index in [-0.39, 0.29) is 28.5 Å². The third-order valence-electron chi connectivity index (χ3n) is 2.51. The first kappa shape index (κ1) is 14.5. The maximum atomic E-state index is 12.3. The van der Waals surface area contributed by atoms with Crippen LogP contribution >= 0.6 is 11.6 Å². The molecular formula is C13H10ClF2NO3. The van der Waals surface area contributed by atoms with Crippen molar-refractivity contribution in [1.29, 1.82) is 0 Å². The van der Waals surface area contributed by atoms with Crippen molar-refractivity contribution in [3.8, 4) is 5.75 Å². The minimum absolute atomic E-state index is 0.0789. The Morgan fingerprint density at radius 1 is 1.45 bits per heavy atom. The maximum Gasteiger partial charge on any atom is 0.387 e. The molecule has 7 heteroatoms. The summed E-state index contributed by atoms with van der Waals surface area (Å²) in [5, 5.41) is 0.434. The molecule has 0 saturated carbocycles. The highest BCUT2D eigenvalue weighted by atomic mass is 35.5. The minimum Gasteiger partial charge on any atom is -0.462 e. The van der Waals surface area contributed by atoms with Crippen molar-refractivity contribution in [1.82, 2.24) is 4.98 Å². The van der Waals surface area contributed by atoms with E-state index in [2.05, 4.69) is 9.72 Å². The van der Waals surface area contributed by atoms with Gasteiger partial charge >= 0.3 is 12.6 Å². The number of ether oxygens (including phenoxy) is 2. The summed E-state index contributed by atoms with van der Waals surface area (Å²) in [6.07, 6.45) is 1.18. The van der Waals surface area contributed by atoms with Gasteiger partial charge in [-0.15, -0.1) is 0 Å². The molecule has 4 nitrogen and oxygen atoms in total. The smallest absolute Gasteiger partial charge is 0.387 e. The molecule has 20 heavy (non-hydrogen) atoms. The highest BCUT2D eigenvalue weighted by Gasteiger charge is 2.17. The van der Waals surface area contributed by atoms with Gasteiger partial charge in [0.25, 0.3) is 0 Å². The Balaban J connectivity index is 2.54. The fourth-order valence-corrected chi connectivity index (χ4v) is 1.98. The van der Waals surface area contributed by atoms with Crippen molar-refractivity contribution in [2.24, 2.45) is 0 Å². The summed E-state index contributed by atoms with van der Waals surface area (Å²) < 4.78 is 33.8. The summed E-state index contributed by atoms with van der Waals surface area (Å²) in [7, 11) is 0. The number of alkyl halides is 2. The van der Waals surface area contributed by atoms with Crippen molar-refractivity contribution in [2.75, 3.05) is 6.61 Å². The summed E-state index contributed by atoms with van der Waals surface area (Å²) in [6.45, 7) is -1.11. The molecule has 0 radical (unpaired) electrons. The third-order valence-corrected chi connectivity index (χ3v) is 2.91. The molecule has 0 atom stereocenters. The molecule has 0 aliphatic carbocycles. The van der Waals surface area contributed by atoms with Crippen LogP contribution in [0.15, 0.2) is 24.4 Å². The van der Waals surface area contributed by atoms with Gasteiger partial charge in [0.1, 0.15) is 5.52 Å². The van der Waals surface area contributed by atoms with Crippen LogP contribution in [0.1, 0.15) is 17.3 Å². The highest BCUT2D eigenvalue weighted by Crippen LogP contribution is 2.32. The van der Waals surface area contributed by atoms with Crippen LogP contribution in [0.5, 0.6) is 5.75 Å². The van der Waals surface area contributed by atoms with Gasteiger partial charge < -0.3 is 9.47 Å². The molecule has 2 aromatic rings. The summed E-state index contributed by atoms with van der Waals surface area (Å²) in [5.74, 6) is -0.720. The van der Waals surface area contributed by atoms with E-state index in [1.54, 1.807) is 13.0 Å². The van der Waals surface area contributed by atoms with Crippen molar-refractivity contribution in [3.63, 3.8) is 0 Å². The van der Waals surface area contributed by atoms with Crippen LogP contribution in [0.2, 0.25) is 5.02 Å². The average Bonchev–Trinajstić information content (AvgIpc) is 2.39. The molecule has 0 amide bonds. The fraction of sp³-hybridized carbons (Fsp3) is 0.231. The van der Waals surface area contributed by atoms with Crippen molar-refractivity contribution in [3.05, 3.63) is 35.0 Å². The second-order valence-corrected chi connectivity index (χ2v) is 4.12. The van der Waals surface area contributed by atoms with Crippen molar-refractivity contribution in [2.45, 2.75) is 13.5 Å². The van der Waals surface area contributed by atoms with Crippen LogP contribution < -0.4 is 4.74 Å². The number of carbonyl (C=O) groups is 1. The number of hydrogen-bond donors (Lipinski definition) is 0. The van der Waals surface area contributed by atoms with Gasteiger partial charge in [-0.2, -0.15) is 8.78 Å². The SMILES string of the molecule is CCOC(=O)c1cnc2c(OC(F)F)cccc2c1Cl. The van der Waals surface area contributed by atoms with Gasteiger partial charge in [0, 0.05) is 11.6 Å². The Morgan fingerprint density at radius 3 is 2.85 bits per heavy atom. The average molecular weight is 302 g/mol. The Bertz CT molecular complexity index is 649. The van der Waals surface area contributed by atoms with Gasteiger partial charge in [-0.1, -0.05) is 23.7 Å². The lowest BCUT2D eigenvalue weighted by Gasteiger charge is -2.10. The highest BCUT2D eigenvalue weighted by molar-refractivity contribution is 6.38. The zero-order chi connectivity index (χ0) is 14.7. The van der Waals surface area contributed by atoms with Crippen LogP contribution in [0.4, 0.5) is 8.78 Å². The number of aromatic nitrogens is 1. The molecule has 0 spiro atoms. The molecule has 106 valence electrons. The van der Waals surface area contributed by atoms with E-state index in [1.807, 2.05) is 0 Å². The van der Waals surface area contributed by atoms with E-state index in [4.69, 9.17) is 16.3 Å². The Labute approximate surface area is 118 Å². The molecule has 0 fully saturated rings. The van der Waals surface area contributed by atoms with Gasteiger partial charge in [0.15, 0.2) is 5.75 Å². The minimum atomic E-state index is -2.97. The van der Waals surface area contributed by atoms with Gasteiger partial charge in [-0.05, 0) is 13.0 Å². The van der Waals surface area contributed by atoms with E-state index >= 15 is 0 Å². The van der Waals surface area contributed by atoms with Crippen molar-refractivity contribution >= 4 is 28.5 Å². The van der Waals surface area contributed by atoms with E-state index in [9.17, 15) is 13.6 Å². The number of benzene rings is 1. The van der Waals surface area contributed by atoms with E-state index in [0.717, 1.165) is 0 Å². The molecule has 1 aromatic heterocycles. The number of nitrogens with zero attached hydrogens (tertiary/aromatic N) is 1. The molecular weight excluding hydrogens is 292 g/mol. The summed E-state index contributed by atoms with van der Waals surface area (Å²) in [5.41, 5.74) is 0.237. The first-order valence-corrected chi connectivity index (χ1v) is 6.11. The topological polar surface area (TPSA) is 48.4 Å².